The van der Waals surface area contributed by atoms with E-state index in [-0.39, 0.29) is 40.4 Å². The van der Waals surface area contributed by atoms with Gasteiger partial charge >= 0.3 is 6.18 Å². The van der Waals surface area contributed by atoms with Crippen molar-refractivity contribution in [3.63, 3.8) is 0 Å². The normalized spacial score (nSPS) is 15.1. The van der Waals surface area contributed by atoms with Crippen LogP contribution in [0.4, 0.5) is 18.9 Å². The van der Waals surface area contributed by atoms with Crippen molar-refractivity contribution in [3.8, 4) is 17.2 Å². The number of fused-ring (bicyclic) bond motifs is 1. The zero-order chi connectivity index (χ0) is 29.3. The molecule has 0 aliphatic carbocycles. The number of amides is 2. The van der Waals surface area contributed by atoms with Gasteiger partial charge in [0.05, 0.1) is 25.0 Å². The number of aromatic nitrogens is 3. The first-order valence-corrected chi connectivity index (χ1v) is 12.9. The lowest BCUT2D eigenvalue weighted by atomic mass is 9.95. The Morgan fingerprint density at radius 1 is 1.15 bits per heavy atom. The van der Waals surface area contributed by atoms with Crippen molar-refractivity contribution in [2.24, 2.45) is 11.7 Å². The summed E-state index contributed by atoms with van der Waals surface area (Å²) < 4.78 is 51.2. The molecule has 3 N–H and O–H groups in total. The van der Waals surface area contributed by atoms with Crippen molar-refractivity contribution in [1.29, 1.82) is 0 Å². The zero-order valence-electron chi connectivity index (χ0n) is 22.2. The number of nitrogens with one attached hydrogen (secondary N) is 1. The number of rotatable bonds is 6. The third kappa shape index (κ3) is 5.71. The number of benzene rings is 1. The first-order chi connectivity index (χ1) is 19.6. The Morgan fingerprint density at radius 3 is 2.54 bits per heavy atom. The summed E-state index contributed by atoms with van der Waals surface area (Å²) in [4.78, 5) is 40.0. The van der Waals surface area contributed by atoms with Crippen molar-refractivity contribution in [1.82, 2.24) is 19.9 Å². The molecular formula is C28H27F3N6O4. The van der Waals surface area contributed by atoms with E-state index in [1.54, 1.807) is 42.4 Å². The van der Waals surface area contributed by atoms with Crippen LogP contribution in [0.3, 0.4) is 0 Å². The predicted molar refractivity (Wildman–Crippen MR) is 143 cm³/mol. The maximum Gasteiger partial charge on any atom is 0.433 e. The average Bonchev–Trinajstić information content (AvgIpc) is 3.42. The van der Waals surface area contributed by atoms with Crippen molar-refractivity contribution in [3.05, 3.63) is 65.9 Å². The molecule has 1 atom stereocenters. The number of nitrogens with two attached hydrogens (primary N) is 1. The highest BCUT2D eigenvalue weighted by atomic mass is 19.4. The van der Waals surface area contributed by atoms with Crippen molar-refractivity contribution < 1.29 is 31.9 Å². The molecule has 3 aromatic heterocycles. The largest absolute Gasteiger partial charge is 0.494 e. The van der Waals surface area contributed by atoms with Crippen LogP contribution in [0.2, 0.25) is 0 Å². The summed E-state index contributed by atoms with van der Waals surface area (Å²) in [5.74, 6) is -0.529. The SMILES string of the molecule is COc1ccc(-c2nc(C(=O)N3CCC(C(=O)Nc4cccnc4)CC3)c([C@H](C)N)o2)c2ccc(C(F)(F)F)nc12. The molecule has 1 aromatic carbocycles. The van der Waals surface area contributed by atoms with E-state index < -0.39 is 23.8 Å². The number of hydrogen-bond acceptors (Lipinski definition) is 8. The van der Waals surface area contributed by atoms with Crippen LogP contribution in [0.5, 0.6) is 5.75 Å². The van der Waals surface area contributed by atoms with Gasteiger partial charge in [-0.25, -0.2) is 9.97 Å². The highest BCUT2D eigenvalue weighted by molar-refractivity contribution is 5.98. The predicted octanol–water partition coefficient (Wildman–Crippen LogP) is 4.82. The number of alkyl halides is 3. The van der Waals surface area contributed by atoms with E-state index in [0.29, 0.717) is 42.6 Å². The van der Waals surface area contributed by atoms with Crippen molar-refractivity contribution in [2.45, 2.75) is 32.0 Å². The van der Waals surface area contributed by atoms with Crippen LogP contribution >= 0.6 is 0 Å². The summed E-state index contributed by atoms with van der Waals surface area (Å²) in [6.07, 6.45) is -0.569. The Kier molecular flexibility index (Phi) is 7.63. The summed E-state index contributed by atoms with van der Waals surface area (Å²) in [6.45, 7) is 2.28. The van der Waals surface area contributed by atoms with Crippen LogP contribution in [0, 0.1) is 5.92 Å². The molecule has 1 fully saturated rings. The Balaban J connectivity index is 1.40. The first kappa shape index (κ1) is 28.0. The topological polar surface area (TPSA) is 136 Å². The van der Waals surface area contributed by atoms with E-state index in [4.69, 9.17) is 14.9 Å². The number of likely N-dealkylation sites (tertiary alicyclic amines) is 1. The van der Waals surface area contributed by atoms with E-state index in [0.717, 1.165) is 6.07 Å². The molecule has 1 saturated heterocycles. The fourth-order valence-electron chi connectivity index (χ4n) is 4.79. The van der Waals surface area contributed by atoms with Gasteiger partial charge in [0.25, 0.3) is 5.91 Å². The van der Waals surface area contributed by atoms with Crippen molar-refractivity contribution in [2.75, 3.05) is 25.5 Å². The third-order valence-corrected chi connectivity index (χ3v) is 6.91. The first-order valence-electron chi connectivity index (χ1n) is 12.9. The molecule has 0 spiro atoms. The van der Waals surface area contributed by atoms with E-state index in [2.05, 4.69) is 20.3 Å². The van der Waals surface area contributed by atoms with Gasteiger partial charge in [0, 0.05) is 36.2 Å². The van der Waals surface area contributed by atoms with Crippen LogP contribution in [0.25, 0.3) is 22.4 Å². The van der Waals surface area contributed by atoms with Gasteiger partial charge < -0.3 is 25.1 Å². The molecule has 0 radical (unpaired) electrons. The number of oxazole rings is 1. The number of ether oxygens (including phenoxy) is 1. The number of pyridine rings is 2. The van der Waals surface area contributed by atoms with E-state index in [1.165, 1.54) is 19.2 Å². The lowest BCUT2D eigenvalue weighted by molar-refractivity contribution is -0.141. The average molecular weight is 569 g/mol. The molecule has 4 aromatic rings. The van der Waals surface area contributed by atoms with Gasteiger partial charge in [0.1, 0.15) is 17.0 Å². The Bertz CT molecular complexity index is 1580. The maximum atomic E-state index is 13.5. The van der Waals surface area contributed by atoms with Gasteiger partial charge in [-0.05, 0) is 56.2 Å². The Hall–Kier alpha value is -4.52. The Labute approximate surface area is 232 Å². The molecule has 4 heterocycles. The number of hydrogen-bond donors (Lipinski definition) is 2. The summed E-state index contributed by atoms with van der Waals surface area (Å²) in [5.41, 5.74) is 5.95. The summed E-state index contributed by atoms with van der Waals surface area (Å²) in [7, 11) is 1.33. The summed E-state index contributed by atoms with van der Waals surface area (Å²) >= 11 is 0. The molecule has 5 rings (SSSR count). The number of piperidine rings is 1. The van der Waals surface area contributed by atoms with Gasteiger partial charge in [-0.1, -0.05) is 0 Å². The van der Waals surface area contributed by atoms with E-state index >= 15 is 0 Å². The number of carbonyl (C=O) groups excluding carboxylic acids is 2. The lowest BCUT2D eigenvalue weighted by Gasteiger charge is -2.31. The molecule has 41 heavy (non-hydrogen) atoms. The molecule has 0 bridgehead atoms. The molecule has 2 amide bonds. The number of carbonyl (C=O) groups is 2. The molecule has 1 aliphatic heterocycles. The molecule has 214 valence electrons. The zero-order valence-corrected chi connectivity index (χ0v) is 22.2. The number of halogens is 3. The van der Waals surface area contributed by atoms with Crippen LogP contribution in [0.1, 0.15) is 47.7 Å². The number of methoxy groups -OCH3 is 1. The van der Waals surface area contributed by atoms with Crippen LogP contribution in [-0.4, -0.2) is 51.9 Å². The fourth-order valence-corrected chi connectivity index (χ4v) is 4.79. The van der Waals surface area contributed by atoms with Crippen molar-refractivity contribution >= 4 is 28.4 Å². The summed E-state index contributed by atoms with van der Waals surface area (Å²) in [5, 5.41) is 3.14. The van der Waals surface area contributed by atoms with E-state index in [9.17, 15) is 22.8 Å². The van der Waals surface area contributed by atoms with E-state index in [1.807, 2.05) is 0 Å². The highest BCUT2D eigenvalue weighted by Crippen LogP contribution is 2.37. The standard InChI is InChI=1S/C28H27F3N6O4/c1-15(32)24-23(27(39)37-12-9-16(10-13-37)25(38)34-17-4-3-11-33-14-17)36-26(41-24)19-5-7-20(40-2)22-18(19)6-8-21(35-22)28(29,30)31/h3-8,11,14-16H,9-10,12-13,32H2,1-2H3,(H,34,38)/t15-/m0/s1. The minimum absolute atomic E-state index is 0.0112. The van der Waals surface area contributed by atoms with Gasteiger partial charge in [-0.3, -0.25) is 14.6 Å². The summed E-state index contributed by atoms with van der Waals surface area (Å²) in [6, 6.07) is 7.94. The Morgan fingerprint density at radius 2 is 1.90 bits per heavy atom. The second kappa shape index (κ2) is 11.2. The minimum Gasteiger partial charge on any atom is -0.494 e. The smallest absolute Gasteiger partial charge is 0.433 e. The second-order valence-corrected chi connectivity index (χ2v) is 9.72. The van der Waals surface area contributed by atoms with Crippen LogP contribution in [-0.2, 0) is 11.0 Å². The maximum absolute atomic E-state index is 13.5. The fraction of sp³-hybridized carbons (Fsp3) is 0.321. The molecule has 0 unspecified atom stereocenters. The van der Waals surface area contributed by atoms with Gasteiger partial charge in [-0.15, -0.1) is 0 Å². The van der Waals surface area contributed by atoms with Crippen LogP contribution < -0.4 is 15.8 Å². The monoisotopic (exact) mass is 568 g/mol. The molecule has 13 heteroatoms. The number of anilines is 1. The third-order valence-electron chi connectivity index (χ3n) is 6.91. The minimum atomic E-state index is -4.65. The molecular weight excluding hydrogens is 541 g/mol. The molecule has 0 saturated carbocycles. The van der Waals surface area contributed by atoms with Gasteiger partial charge in [0.15, 0.2) is 11.5 Å². The molecule has 10 nitrogen and oxygen atoms in total. The molecule has 1 aliphatic rings. The van der Waals surface area contributed by atoms with Gasteiger partial charge in [-0.2, -0.15) is 13.2 Å². The number of nitrogens with zero attached hydrogens (tertiary/aromatic N) is 4. The second-order valence-electron chi connectivity index (χ2n) is 9.72. The quantitative estimate of drug-likeness (QED) is 0.338. The lowest BCUT2D eigenvalue weighted by Crippen LogP contribution is -2.42. The highest BCUT2D eigenvalue weighted by Gasteiger charge is 2.34. The van der Waals surface area contributed by atoms with Crippen LogP contribution in [0.15, 0.2) is 53.2 Å². The van der Waals surface area contributed by atoms with Gasteiger partial charge in [0.2, 0.25) is 11.8 Å².